The van der Waals surface area contributed by atoms with Crippen LogP contribution in [0.2, 0.25) is 0 Å². The highest BCUT2D eigenvalue weighted by Gasteiger charge is 2.32. The molecule has 23 heavy (non-hydrogen) atoms. The molecule has 0 spiro atoms. The minimum absolute atomic E-state index is 0.449. The summed E-state index contributed by atoms with van der Waals surface area (Å²) in [4.78, 5) is 0. The molecule has 0 unspecified atom stereocenters. The number of aliphatic hydroxyl groups is 1. The van der Waals surface area contributed by atoms with E-state index in [-0.39, 0.29) is 0 Å². The third-order valence-corrected chi connectivity index (χ3v) is 4.15. The maximum Gasteiger partial charge on any atom is 0.119 e. The summed E-state index contributed by atoms with van der Waals surface area (Å²) in [5.74, 6) is 0. The van der Waals surface area contributed by atoms with Crippen LogP contribution in [-0.4, -0.2) is 5.11 Å². The number of hydrogen-bond donors (Lipinski definition) is 1. The monoisotopic (exact) mass is 300 g/mol. The van der Waals surface area contributed by atoms with Crippen molar-refractivity contribution >= 4 is 5.57 Å². The van der Waals surface area contributed by atoms with Crippen LogP contribution in [0.1, 0.15) is 23.1 Å². The van der Waals surface area contributed by atoms with Gasteiger partial charge in [-0.05, 0) is 22.3 Å². The summed E-state index contributed by atoms with van der Waals surface area (Å²) in [6.45, 7) is 4.20. The smallest absolute Gasteiger partial charge is 0.119 e. The summed E-state index contributed by atoms with van der Waals surface area (Å²) in [7, 11) is 0. The SMILES string of the molecule is C=C(CC(O)(c1ccccc1)c1ccccc1)c1ccccc1. The maximum absolute atomic E-state index is 11.5. The lowest BCUT2D eigenvalue weighted by Gasteiger charge is -2.30. The van der Waals surface area contributed by atoms with Crippen LogP contribution in [0.15, 0.2) is 97.6 Å². The number of rotatable bonds is 5. The van der Waals surface area contributed by atoms with Gasteiger partial charge in [-0.2, -0.15) is 0 Å². The second-order valence-electron chi connectivity index (χ2n) is 5.74. The zero-order valence-electron chi connectivity index (χ0n) is 13.0. The lowest BCUT2D eigenvalue weighted by atomic mass is 9.80. The van der Waals surface area contributed by atoms with E-state index in [2.05, 4.69) is 6.58 Å². The summed E-state index contributed by atoms with van der Waals surface area (Å²) in [5.41, 5.74) is 2.64. The Balaban J connectivity index is 2.01. The van der Waals surface area contributed by atoms with Gasteiger partial charge in [0.2, 0.25) is 0 Å². The molecule has 0 aromatic heterocycles. The van der Waals surface area contributed by atoms with Gasteiger partial charge in [-0.25, -0.2) is 0 Å². The van der Waals surface area contributed by atoms with Crippen molar-refractivity contribution in [1.82, 2.24) is 0 Å². The van der Waals surface area contributed by atoms with Crippen molar-refractivity contribution in [2.75, 3.05) is 0 Å². The molecule has 3 rings (SSSR count). The number of benzene rings is 3. The highest BCUT2D eigenvalue weighted by molar-refractivity contribution is 5.65. The van der Waals surface area contributed by atoms with Crippen molar-refractivity contribution < 1.29 is 5.11 Å². The van der Waals surface area contributed by atoms with Gasteiger partial charge in [0.1, 0.15) is 5.60 Å². The first-order valence-corrected chi connectivity index (χ1v) is 7.77. The molecule has 0 aliphatic rings. The molecule has 3 aromatic carbocycles. The van der Waals surface area contributed by atoms with Crippen LogP contribution in [0.3, 0.4) is 0 Å². The van der Waals surface area contributed by atoms with Gasteiger partial charge >= 0.3 is 0 Å². The van der Waals surface area contributed by atoms with Crippen LogP contribution in [0, 0.1) is 0 Å². The molecule has 0 bridgehead atoms. The standard InChI is InChI=1S/C22H20O/c1-18(19-11-5-2-6-12-19)17-22(23,20-13-7-3-8-14-20)21-15-9-4-10-16-21/h2-16,23H,1,17H2. The molecule has 0 amide bonds. The third-order valence-electron chi connectivity index (χ3n) is 4.15. The van der Waals surface area contributed by atoms with Crippen molar-refractivity contribution in [1.29, 1.82) is 0 Å². The summed E-state index contributed by atoms with van der Waals surface area (Å²) < 4.78 is 0. The van der Waals surface area contributed by atoms with E-state index in [1.807, 2.05) is 91.0 Å². The molecule has 114 valence electrons. The predicted molar refractivity (Wildman–Crippen MR) is 96.0 cm³/mol. The van der Waals surface area contributed by atoms with Crippen LogP contribution in [0.25, 0.3) is 5.57 Å². The minimum atomic E-state index is -1.09. The predicted octanol–water partition coefficient (Wildman–Crippen LogP) is 5.03. The van der Waals surface area contributed by atoms with E-state index in [1.54, 1.807) is 0 Å². The molecule has 0 fully saturated rings. The van der Waals surface area contributed by atoms with Gasteiger partial charge in [0.25, 0.3) is 0 Å². The van der Waals surface area contributed by atoms with Gasteiger partial charge in [0.15, 0.2) is 0 Å². The Morgan fingerprint density at radius 1 is 0.696 bits per heavy atom. The molecule has 0 saturated carbocycles. The molecule has 1 heteroatoms. The zero-order chi connectivity index (χ0) is 16.1. The lowest BCUT2D eigenvalue weighted by Crippen LogP contribution is -2.27. The molecular formula is C22H20O. The molecule has 1 N–H and O–H groups in total. The molecule has 1 nitrogen and oxygen atoms in total. The van der Waals surface area contributed by atoms with Gasteiger partial charge in [0, 0.05) is 6.42 Å². The van der Waals surface area contributed by atoms with Crippen LogP contribution in [0.5, 0.6) is 0 Å². The second-order valence-corrected chi connectivity index (χ2v) is 5.74. The second kappa shape index (κ2) is 6.64. The molecular weight excluding hydrogens is 280 g/mol. The first-order valence-electron chi connectivity index (χ1n) is 7.77. The van der Waals surface area contributed by atoms with Gasteiger partial charge in [0.05, 0.1) is 0 Å². The van der Waals surface area contributed by atoms with Crippen LogP contribution in [0.4, 0.5) is 0 Å². The molecule has 0 saturated heterocycles. The van der Waals surface area contributed by atoms with E-state index >= 15 is 0 Å². The maximum atomic E-state index is 11.5. The Labute approximate surface area is 137 Å². The summed E-state index contributed by atoms with van der Waals surface area (Å²) in [6, 6.07) is 29.6. The van der Waals surface area contributed by atoms with E-state index in [0.717, 1.165) is 22.3 Å². The Bertz CT molecular complexity index is 721. The van der Waals surface area contributed by atoms with Crippen LogP contribution >= 0.6 is 0 Å². The van der Waals surface area contributed by atoms with Crippen molar-refractivity contribution in [3.63, 3.8) is 0 Å². The van der Waals surface area contributed by atoms with E-state index in [0.29, 0.717) is 6.42 Å². The fourth-order valence-electron chi connectivity index (χ4n) is 2.88. The topological polar surface area (TPSA) is 20.2 Å². The minimum Gasteiger partial charge on any atom is -0.380 e. The van der Waals surface area contributed by atoms with Crippen molar-refractivity contribution in [3.8, 4) is 0 Å². The van der Waals surface area contributed by atoms with Crippen molar-refractivity contribution in [2.45, 2.75) is 12.0 Å². The van der Waals surface area contributed by atoms with E-state index in [9.17, 15) is 5.11 Å². The molecule has 3 aromatic rings. The zero-order valence-corrected chi connectivity index (χ0v) is 13.0. The Morgan fingerprint density at radius 2 is 1.09 bits per heavy atom. The fraction of sp³-hybridized carbons (Fsp3) is 0.0909. The molecule has 0 atom stereocenters. The molecule has 0 heterocycles. The average molecular weight is 300 g/mol. The normalized spacial score (nSPS) is 11.2. The lowest BCUT2D eigenvalue weighted by molar-refractivity contribution is 0.0867. The Morgan fingerprint density at radius 3 is 1.52 bits per heavy atom. The number of hydrogen-bond acceptors (Lipinski definition) is 1. The average Bonchev–Trinajstić information content (AvgIpc) is 2.64. The van der Waals surface area contributed by atoms with E-state index < -0.39 is 5.60 Å². The molecule has 0 aliphatic heterocycles. The molecule has 0 radical (unpaired) electrons. The summed E-state index contributed by atoms with van der Waals surface area (Å²) in [6.07, 6.45) is 0.449. The van der Waals surface area contributed by atoms with Crippen molar-refractivity contribution in [3.05, 3.63) is 114 Å². The highest BCUT2D eigenvalue weighted by atomic mass is 16.3. The van der Waals surface area contributed by atoms with Gasteiger partial charge in [-0.3, -0.25) is 0 Å². The fourth-order valence-corrected chi connectivity index (χ4v) is 2.88. The Hall–Kier alpha value is -2.64. The largest absolute Gasteiger partial charge is 0.380 e. The van der Waals surface area contributed by atoms with Crippen molar-refractivity contribution in [2.24, 2.45) is 0 Å². The van der Waals surface area contributed by atoms with E-state index in [1.165, 1.54) is 0 Å². The molecule has 0 aliphatic carbocycles. The summed E-state index contributed by atoms with van der Waals surface area (Å²) in [5, 5.41) is 11.5. The van der Waals surface area contributed by atoms with Crippen LogP contribution in [-0.2, 0) is 5.60 Å². The quantitative estimate of drug-likeness (QED) is 0.701. The van der Waals surface area contributed by atoms with E-state index in [4.69, 9.17) is 0 Å². The Kier molecular flexibility index (Phi) is 4.40. The first kappa shape index (κ1) is 15.3. The highest BCUT2D eigenvalue weighted by Crippen LogP contribution is 2.37. The first-order chi connectivity index (χ1) is 11.2. The van der Waals surface area contributed by atoms with Gasteiger partial charge in [-0.15, -0.1) is 0 Å². The summed E-state index contributed by atoms with van der Waals surface area (Å²) >= 11 is 0. The van der Waals surface area contributed by atoms with Gasteiger partial charge < -0.3 is 5.11 Å². The van der Waals surface area contributed by atoms with Crippen LogP contribution < -0.4 is 0 Å². The third kappa shape index (κ3) is 3.25. The van der Waals surface area contributed by atoms with Gasteiger partial charge in [-0.1, -0.05) is 97.6 Å².